The van der Waals surface area contributed by atoms with E-state index in [0.29, 0.717) is 0 Å². The van der Waals surface area contributed by atoms with Crippen molar-refractivity contribution >= 4 is 0 Å². The summed E-state index contributed by atoms with van der Waals surface area (Å²) in [6.45, 7) is 6.99. The maximum Gasteiger partial charge on any atom is 0.109 e. The molecule has 4 nitrogen and oxygen atoms in total. The van der Waals surface area contributed by atoms with Crippen LogP contribution in [0.4, 0.5) is 0 Å². The molecule has 1 aliphatic heterocycles. The number of aromatic amines is 1. The van der Waals surface area contributed by atoms with E-state index in [2.05, 4.69) is 29.1 Å². The van der Waals surface area contributed by atoms with Crippen molar-refractivity contribution in [2.24, 2.45) is 0 Å². The number of H-pyrrole nitrogens is 1. The lowest BCUT2D eigenvalue weighted by Crippen LogP contribution is -2.39. The predicted octanol–water partition coefficient (Wildman–Crippen LogP) is 1.20. The van der Waals surface area contributed by atoms with Gasteiger partial charge in [-0.05, 0) is 13.3 Å². The molecule has 1 unspecified atom stereocenters. The fourth-order valence-corrected chi connectivity index (χ4v) is 2.11. The Morgan fingerprint density at radius 1 is 1.50 bits per heavy atom. The van der Waals surface area contributed by atoms with E-state index in [1.165, 1.54) is 11.4 Å². The van der Waals surface area contributed by atoms with Gasteiger partial charge in [0, 0.05) is 25.2 Å². The van der Waals surface area contributed by atoms with Crippen molar-refractivity contribution < 1.29 is 4.74 Å². The van der Waals surface area contributed by atoms with Gasteiger partial charge in [0.1, 0.15) is 5.82 Å². The minimum absolute atomic E-state index is 0.272. The van der Waals surface area contributed by atoms with Crippen molar-refractivity contribution in [1.29, 1.82) is 0 Å². The van der Waals surface area contributed by atoms with Crippen LogP contribution >= 0.6 is 0 Å². The van der Waals surface area contributed by atoms with Crippen molar-refractivity contribution in [2.45, 2.75) is 39.2 Å². The van der Waals surface area contributed by atoms with Gasteiger partial charge in [0.25, 0.3) is 0 Å². The SMILES string of the molecule is CCCc1nc(CC2CNCCO2)[nH]c1C. The summed E-state index contributed by atoms with van der Waals surface area (Å²) in [7, 11) is 0. The monoisotopic (exact) mass is 223 g/mol. The van der Waals surface area contributed by atoms with Crippen molar-refractivity contribution in [3.8, 4) is 0 Å². The molecule has 0 radical (unpaired) electrons. The van der Waals surface area contributed by atoms with Crippen molar-refractivity contribution in [1.82, 2.24) is 15.3 Å². The third kappa shape index (κ3) is 2.83. The van der Waals surface area contributed by atoms with Gasteiger partial charge in [0.15, 0.2) is 0 Å². The Kier molecular flexibility index (Phi) is 3.96. The summed E-state index contributed by atoms with van der Waals surface area (Å²) in [5.41, 5.74) is 2.42. The van der Waals surface area contributed by atoms with E-state index >= 15 is 0 Å². The Morgan fingerprint density at radius 3 is 3.06 bits per heavy atom. The average Bonchev–Trinajstić information content (AvgIpc) is 2.61. The number of morpholine rings is 1. The summed E-state index contributed by atoms with van der Waals surface area (Å²) in [4.78, 5) is 7.99. The van der Waals surface area contributed by atoms with E-state index in [1.807, 2.05) is 0 Å². The van der Waals surface area contributed by atoms with Crippen LogP contribution in [0.5, 0.6) is 0 Å². The van der Waals surface area contributed by atoms with Gasteiger partial charge in [-0.25, -0.2) is 4.98 Å². The molecule has 0 aromatic carbocycles. The number of aryl methyl sites for hydroxylation is 2. The molecule has 1 aromatic heterocycles. The van der Waals surface area contributed by atoms with Crippen LogP contribution in [0.25, 0.3) is 0 Å². The second-order valence-electron chi connectivity index (χ2n) is 4.41. The van der Waals surface area contributed by atoms with Crippen LogP contribution in [-0.4, -0.2) is 35.8 Å². The first kappa shape index (κ1) is 11.6. The highest BCUT2D eigenvalue weighted by atomic mass is 16.5. The van der Waals surface area contributed by atoms with Gasteiger partial charge in [0.05, 0.1) is 18.4 Å². The fourth-order valence-electron chi connectivity index (χ4n) is 2.11. The molecule has 0 aliphatic carbocycles. The lowest BCUT2D eigenvalue weighted by Gasteiger charge is -2.22. The molecular weight excluding hydrogens is 202 g/mol. The summed E-state index contributed by atoms with van der Waals surface area (Å²) in [6, 6.07) is 0. The number of nitrogens with zero attached hydrogens (tertiary/aromatic N) is 1. The molecule has 90 valence electrons. The normalized spacial score (nSPS) is 21.2. The first-order chi connectivity index (χ1) is 7.79. The standard InChI is InChI=1S/C12H21N3O/c1-3-4-11-9(2)14-12(15-11)7-10-8-13-5-6-16-10/h10,13H,3-8H2,1-2H3,(H,14,15). The zero-order chi connectivity index (χ0) is 11.4. The van der Waals surface area contributed by atoms with Crippen LogP contribution in [-0.2, 0) is 17.6 Å². The molecule has 1 fully saturated rings. The molecule has 2 N–H and O–H groups in total. The molecule has 2 rings (SSSR count). The minimum atomic E-state index is 0.272. The highest BCUT2D eigenvalue weighted by Gasteiger charge is 2.16. The maximum absolute atomic E-state index is 5.67. The molecule has 0 spiro atoms. The molecule has 1 aliphatic rings. The third-order valence-electron chi connectivity index (χ3n) is 2.95. The largest absolute Gasteiger partial charge is 0.375 e. The highest BCUT2D eigenvalue weighted by Crippen LogP contribution is 2.10. The van der Waals surface area contributed by atoms with E-state index in [4.69, 9.17) is 4.74 Å². The maximum atomic E-state index is 5.67. The molecule has 0 bridgehead atoms. The molecule has 16 heavy (non-hydrogen) atoms. The van der Waals surface area contributed by atoms with E-state index in [1.54, 1.807) is 0 Å². The Bertz CT molecular complexity index is 329. The first-order valence-corrected chi connectivity index (χ1v) is 6.16. The zero-order valence-electron chi connectivity index (χ0n) is 10.2. The lowest BCUT2D eigenvalue weighted by atomic mass is 10.2. The van der Waals surface area contributed by atoms with Crippen molar-refractivity contribution in [2.75, 3.05) is 19.7 Å². The Balaban J connectivity index is 1.95. The fraction of sp³-hybridized carbons (Fsp3) is 0.750. The van der Waals surface area contributed by atoms with Gasteiger partial charge in [-0.3, -0.25) is 0 Å². The number of hydrogen-bond donors (Lipinski definition) is 2. The Hall–Kier alpha value is -0.870. The summed E-state index contributed by atoms with van der Waals surface area (Å²) in [5.74, 6) is 1.06. The van der Waals surface area contributed by atoms with Crippen LogP contribution in [0.1, 0.15) is 30.6 Å². The number of imidazole rings is 1. The molecule has 1 saturated heterocycles. The molecule has 1 atom stereocenters. The van der Waals surface area contributed by atoms with Crippen LogP contribution in [0.3, 0.4) is 0 Å². The zero-order valence-corrected chi connectivity index (χ0v) is 10.2. The van der Waals surface area contributed by atoms with Crippen molar-refractivity contribution in [3.63, 3.8) is 0 Å². The average molecular weight is 223 g/mol. The number of hydrogen-bond acceptors (Lipinski definition) is 3. The molecule has 1 aromatic rings. The molecule has 2 heterocycles. The van der Waals surface area contributed by atoms with Gasteiger partial charge in [-0.15, -0.1) is 0 Å². The lowest BCUT2D eigenvalue weighted by molar-refractivity contribution is 0.0281. The third-order valence-corrected chi connectivity index (χ3v) is 2.95. The van der Waals surface area contributed by atoms with Gasteiger partial charge < -0.3 is 15.0 Å². The topological polar surface area (TPSA) is 49.9 Å². The van der Waals surface area contributed by atoms with Gasteiger partial charge in [-0.1, -0.05) is 13.3 Å². The van der Waals surface area contributed by atoms with E-state index in [-0.39, 0.29) is 6.10 Å². The van der Waals surface area contributed by atoms with Crippen molar-refractivity contribution in [3.05, 3.63) is 17.2 Å². The first-order valence-electron chi connectivity index (χ1n) is 6.16. The molecule has 4 heteroatoms. The van der Waals surface area contributed by atoms with Crippen LogP contribution < -0.4 is 5.32 Å². The van der Waals surface area contributed by atoms with Gasteiger partial charge >= 0.3 is 0 Å². The van der Waals surface area contributed by atoms with E-state index < -0.39 is 0 Å². The Labute approximate surface area is 96.8 Å². The quantitative estimate of drug-likeness (QED) is 0.806. The smallest absolute Gasteiger partial charge is 0.109 e. The molecular formula is C12H21N3O. The van der Waals surface area contributed by atoms with Crippen LogP contribution in [0.15, 0.2) is 0 Å². The minimum Gasteiger partial charge on any atom is -0.375 e. The Morgan fingerprint density at radius 2 is 2.38 bits per heavy atom. The second kappa shape index (κ2) is 5.46. The molecule has 0 amide bonds. The number of nitrogens with one attached hydrogen (secondary N) is 2. The van der Waals surface area contributed by atoms with Crippen LogP contribution in [0, 0.1) is 6.92 Å². The summed E-state index contributed by atoms with van der Waals surface area (Å²) in [5, 5.41) is 3.33. The van der Waals surface area contributed by atoms with Gasteiger partial charge in [0.2, 0.25) is 0 Å². The predicted molar refractivity (Wildman–Crippen MR) is 63.6 cm³/mol. The summed E-state index contributed by atoms with van der Waals surface area (Å²) >= 11 is 0. The summed E-state index contributed by atoms with van der Waals surface area (Å²) in [6.07, 6.45) is 3.37. The molecule has 0 saturated carbocycles. The summed E-state index contributed by atoms with van der Waals surface area (Å²) < 4.78 is 5.67. The number of ether oxygens (including phenoxy) is 1. The number of aromatic nitrogens is 2. The highest BCUT2D eigenvalue weighted by molar-refractivity contribution is 5.13. The van der Waals surface area contributed by atoms with E-state index in [9.17, 15) is 0 Å². The number of rotatable bonds is 4. The van der Waals surface area contributed by atoms with E-state index in [0.717, 1.165) is 44.8 Å². The van der Waals surface area contributed by atoms with Crippen LogP contribution in [0.2, 0.25) is 0 Å². The van der Waals surface area contributed by atoms with Gasteiger partial charge in [-0.2, -0.15) is 0 Å². The second-order valence-corrected chi connectivity index (χ2v) is 4.41.